The highest BCUT2D eigenvalue weighted by Gasteiger charge is 2.46. The second-order valence-corrected chi connectivity index (χ2v) is 9.88. The Labute approximate surface area is 180 Å². The minimum atomic E-state index is -1.03. The number of hydrogen-bond acceptors (Lipinski definition) is 3. The normalized spacial score (nSPS) is 26.1. The molecule has 1 amide bonds. The Morgan fingerprint density at radius 1 is 1.21 bits per heavy atom. The third-order valence-corrected chi connectivity index (χ3v) is 7.94. The molecule has 2 unspecified atom stereocenters. The number of rotatable bonds is 5. The first-order chi connectivity index (χ1) is 13.9. The van der Waals surface area contributed by atoms with Crippen molar-refractivity contribution >= 4 is 39.8 Å². The fourth-order valence-electron chi connectivity index (χ4n) is 5.34. The lowest BCUT2D eigenvalue weighted by Gasteiger charge is -2.45. The number of thiophene rings is 1. The second kappa shape index (κ2) is 8.11. The minimum Gasteiger partial charge on any atom is -0.478 e. The van der Waals surface area contributed by atoms with Crippen LogP contribution in [0.4, 0.5) is 5.00 Å². The summed E-state index contributed by atoms with van der Waals surface area (Å²) in [6, 6.07) is 7.09. The molecule has 1 aromatic heterocycles. The standard InChI is InChI=1S/C23H26ClNO3S/c1-2-23(11-14-4-3-5-15(10-14)12-23)22(28)25-20-19(21(26)27)18(13-29-20)16-6-8-17(24)9-7-16/h6-9,13-15H,2-5,10-12H2,1H3,(H,25,28)(H,26,27). The summed E-state index contributed by atoms with van der Waals surface area (Å²) in [4.78, 5) is 25.4. The van der Waals surface area contributed by atoms with E-state index in [1.165, 1.54) is 37.0 Å². The predicted molar refractivity (Wildman–Crippen MR) is 118 cm³/mol. The second-order valence-electron chi connectivity index (χ2n) is 8.56. The molecule has 4 rings (SSSR count). The van der Waals surface area contributed by atoms with E-state index in [-0.39, 0.29) is 16.9 Å². The highest BCUT2D eigenvalue weighted by atomic mass is 35.5. The Hall–Kier alpha value is -1.85. The van der Waals surface area contributed by atoms with Crippen LogP contribution in [-0.4, -0.2) is 17.0 Å². The Morgan fingerprint density at radius 2 is 1.86 bits per heavy atom. The summed E-state index contributed by atoms with van der Waals surface area (Å²) in [7, 11) is 0. The predicted octanol–water partition coefficient (Wildman–Crippen LogP) is 6.70. The molecule has 0 radical (unpaired) electrons. The summed E-state index contributed by atoms with van der Waals surface area (Å²) in [5.74, 6) is 0.210. The van der Waals surface area contributed by atoms with Gasteiger partial charge in [-0.3, -0.25) is 4.79 Å². The van der Waals surface area contributed by atoms with Crippen LogP contribution in [0.5, 0.6) is 0 Å². The van der Waals surface area contributed by atoms with Gasteiger partial charge in [-0.05, 0) is 55.2 Å². The number of fused-ring (bicyclic) bond motifs is 2. The summed E-state index contributed by atoms with van der Waals surface area (Å²) in [5, 5.41) is 15.7. The van der Waals surface area contributed by atoms with Gasteiger partial charge in [-0.2, -0.15) is 0 Å². The van der Waals surface area contributed by atoms with Crippen molar-refractivity contribution in [1.82, 2.24) is 0 Å². The molecule has 2 saturated carbocycles. The molecule has 29 heavy (non-hydrogen) atoms. The van der Waals surface area contributed by atoms with Gasteiger partial charge in [-0.25, -0.2) is 4.79 Å². The first kappa shape index (κ1) is 20.4. The third-order valence-electron chi connectivity index (χ3n) is 6.80. The van der Waals surface area contributed by atoms with Crippen molar-refractivity contribution in [2.24, 2.45) is 17.3 Å². The summed E-state index contributed by atoms with van der Waals surface area (Å²) in [6.07, 6.45) is 7.58. The summed E-state index contributed by atoms with van der Waals surface area (Å²) >= 11 is 7.24. The molecular weight excluding hydrogens is 406 g/mol. The smallest absolute Gasteiger partial charge is 0.339 e. The maximum Gasteiger partial charge on any atom is 0.339 e. The number of carbonyl (C=O) groups is 2. The average molecular weight is 432 g/mol. The van der Waals surface area contributed by atoms with Gasteiger partial charge in [-0.1, -0.05) is 49.9 Å². The molecule has 0 spiro atoms. The van der Waals surface area contributed by atoms with Gasteiger partial charge in [-0.15, -0.1) is 11.3 Å². The number of anilines is 1. The third kappa shape index (κ3) is 3.95. The Morgan fingerprint density at radius 3 is 2.45 bits per heavy atom. The largest absolute Gasteiger partial charge is 0.478 e. The van der Waals surface area contributed by atoms with Crippen LogP contribution in [-0.2, 0) is 4.79 Å². The molecule has 6 heteroatoms. The van der Waals surface area contributed by atoms with E-state index in [1.54, 1.807) is 29.6 Å². The first-order valence-corrected chi connectivity index (χ1v) is 11.6. The monoisotopic (exact) mass is 431 g/mol. The average Bonchev–Trinajstić information content (AvgIpc) is 3.11. The van der Waals surface area contributed by atoms with Gasteiger partial charge in [0.25, 0.3) is 0 Å². The van der Waals surface area contributed by atoms with Crippen LogP contribution in [0, 0.1) is 17.3 Å². The van der Waals surface area contributed by atoms with Crippen molar-refractivity contribution in [2.75, 3.05) is 5.32 Å². The molecule has 2 N–H and O–H groups in total. The molecule has 2 aromatic rings. The molecule has 154 valence electrons. The molecule has 1 aromatic carbocycles. The topological polar surface area (TPSA) is 66.4 Å². The van der Waals surface area contributed by atoms with Gasteiger partial charge < -0.3 is 10.4 Å². The molecular formula is C23H26ClNO3S. The molecule has 2 fully saturated rings. The van der Waals surface area contributed by atoms with Gasteiger partial charge in [0.15, 0.2) is 0 Å². The maximum atomic E-state index is 13.4. The Balaban J connectivity index is 1.62. The lowest BCUT2D eigenvalue weighted by molar-refractivity contribution is -0.130. The lowest BCUT2D eigenvalue weighted by atomic mass is 9.59. The van der Waals surface area contributed by atoms with Gasteiger partial charge in [0.05, 0.1) is 0 Å². The highest BCUT2D eigenvalue weighted by molar-refractivity contribution is 7.15. The number of benzene rings is 1. The number of hydrogen-bond donors (Lipinski definition) is 2. The molecule has 2 bridgehead atoms. The molecule has 4 nitrogen and oxygen atoms in total. The van der Waals surface area contributed by atoms with E-state index in [0.717, 1.165) is 24.8 Å². The highest BCUT2D eigenvalue weighted by Crippen LogP contribution is 2.51. The summed E-state index contributed by atoms with van der Waals surface area (Å²) in [5.41, 5.74) is 1.17. The molecule has 2 atom stereocenters. The van der Waals surface area contributed by atoms with Gasteiger partial charge in [0, 0.05) is 21.4 Å². The number of carboxylic acids is 1. The van der Waals surface area contributed by atoms with Gasteiger partial charge >= 0.3 is 5.97 Å². The molecule has 1 heterocycles. The van der Waals surface area contributed by atoms with Gasteiger partial charge in [0.2, 0.25) is 5.91 Å². The van der Waals surface area contributed by atoms with Crippen LogP contribution in [0.2, 0.25) is 5.02 Å². The van der Waals surface area contributed by atoms with Crippen LogP contribution < -0.4 is 5.32 Å². The number of halogens is 1. The van der Waals surface area contributed by atoms with E-state index in [1.807, 2.05) is 0 Å². The summed E-state index contributed by atoms with van der Waals surface area (Å²) in [6.45, 7) is 2.09. The van der Waals surface area contributed by atoms with Crippen molar-refractivity contribution in [3.05, 3.63) is 40.2 Å². The Bertz CT molecular complexity index is 909. The number of carbonyl (C=O) groups excluding carboxylic acids is 1. The lowest BCUT2D eigenvalue weighted by Crippen LogP contribution is -2.44. The zero-order valence-electron chi connectivity index (χ0n) is 16.5. The van der Waals surface area contributed by atoms with Crippen LogP contribution in [0.1, 0.15) is 62.2 Å². The van der Waals surface area contributed by atoms with Crippen LogP contribution in [0.3, 0.4) is 0 Å². The van der Waals surface area contributed by atoms with E-state index >= 15 is 0 Å². The first-order valence-electron chi connectivity index (χ1n) is 10.3. The molecule has 0 saturated heterocycles. The minimum absolute atomic E-state index is 0.0105. The summed E-state index contributed by atoms with van der Waals surface area (Å²) < 4.78 is 0. The number of aromatic carboxylic acids is 1. The number of nitrogens with one attached hydrogen (secondary N) is 1. The Kier molecular flexibility index (Phi) is 5.71. The van der Waals surface area contributed by atoms with Crippen LogP contribution in [0.25, 0.3) is 11.1 Å². The number of amides is 1. The van der Waals surface area contributed by atoms with E-state index in [4.69, 9.17) is 11.6 Å². The zero-order valence-corrected chi connectivity index (χ0v) is 18.1. The SMILES string of the molecule is CCC1(C(=O)Nc2scc(-c3ccc(Cl)cc3)c2C(=O)O)CC2CCCC(C2)C1. The van der Waals surface area contributed by atoms with Crippen molar-refractivity contribution in [3.63, 3.8) is 0 Å². The van der Waals surface area contributed by atoms with Crippen LogP contribution >= 0.6 is 22.9 Å². The number of carboxylic acid groups (broad SMARTS) is 1. The van der Waals surface area contributed by atoms with Crippen molar-refractivity contribution in [2.45, 2.75) is 51.9 Å². The van der Waals surface area contributed by atoms with Gasteiger partial charge in [0.1, 0.15) is 10.6 Å². The fourth-order valence-corrected chi connectivity index (χ4v) is 6.42. The molecule has 2 aliphatic carbocycles. The van der Waals surface area contributed by atoms with Crippen molar-refractivity contribution in [1.29, 1.82) is 0 Å². The van der Waals surface area contributed by atoms with E-state index in [0.29, 0.717) is 27.4 Å². The van der Waals surface area contributed by atoms with E-state index in [9.17, 15) is 14.7 Å². The zero-order chi connectivity index (χ0) is 20.6. The van der Waals surface area contributed by atoms with Crippen molar-refractivity contribution in [3.8, 4) is 11.1 Å². The molecule has 0 aliphatic heterocycles. The van der Waals surface area contributed by atoms with E-state index < -0.39 is 5.97 Å². The molecule has 2 aliphatic rings. The van der Waals surface area contributed by atoms with E-state index in [2.05, 4.69) is 12.2 Å². The van der Waals surface area contributed by atoms with Crippen LogP contribution in [0.15, 0.2) is 29.6 Å². The van der Waals surface area contributed by atoms with Crippen molar-refractivity contribution < 1.29 is 14.7 Å². The maximum absolute atomic E-state index is 13.4. The quantitative estimate of drug-likeness (QED) is 0.553. The fraction of sp³-hybridized carbons (Fsp3) is 0.478.